The molecule has 0 fully saturated rings. The molecule has 1 heterocycles. The van der Waals surface area contributed by atoms with Gasteiger partial charge in [0.25, 0.3) is 0 Å². The molecule has 0 saturated heterocycles. The van der Waals surface area contributed by atoms with Crippen molar-refractivity contribution in [2.45, 2.75) is 27.4 Å². The van der Waals surface area contributed by atoms with Crippen LogP contribution in [0, 0.1) is 19.7 Å². The Hall–Kier alpha value is -3.37. The van der Waals surface area contributed by atoms with E-state index in [0.717, 1.165) is 39.5 Å². The van der Waals surface area contributed by atoms with Gasteiger partial charge in [-0.2, -0.15) is 0 Å². The minimum atomic E-state index is -0.270. The van der Waals surface area contributed by atoms with Crippen molar-refractivity contribution in [3.05, 3.63) is 112 Å². The first-order chi connectivity index (χ1) is 15.4. The van der Waals surface area contributed by atoms with E-state index < -0.39 is 0 Å². The van der Waals surface area contributed by atoms with Gasteiger partial charge in [-0.05, 0) is 80.4 Å². The average molecular weight is 447 g/mol. The minimum absolute atomic E-state index is 0.270. The fourth-order valence-corrected chi connectivity index (χ4v) is 3.99. The molecule has 0 radical (unpaired) electrons. The van der Waals surface area contributed by atoms with Gasteiger partial charge in [-0.15, -0.1) is 0 Å². The van der Waals surface area contributed by atoms with Crippen molar-refractivity contribution in [3.8, 4) is 16.9 Å². The third-order valence-electron chi connectivity index (χ3n) is 5.36. The van der Waals surface area contributed by atoms with Crippen LogP contribution < -0.4 is 0 Å². The SMILES string of the molecule is C/C(=N/OCc1cccc(C)c1)c1cc(-c2ccc(F)cc2)n(-c2cccc(Cl)c2)c1C. The van der Waals surface area contributed by atoms with Crippen molar-refractivity contribution in [3.63, 3.8) is 0 Å². The number of oxime groups is 1. The first-order valence-corrected chi connectivity index (χ1v) is 10.8. The second kappa shape index (κ2) is 9.41. The molecular weight excluding hydrogens is 423 g/mol. The predicted molar refractivity (Wildman–Crippen MR) is 129 cm³/mol. The van der Waals surface area contributed by atoms with Crippen LogP contribution in [0.5, 0.6) is 0 Å². The third kappa shape index (κ3) is 4.76. The number of aromatic nitrogens is 1. The van der Waals surface area contributed by atoms with Crippen molar-refractivity contribution in [1.29, 1.82) is 0 Å². The van der Waals surface area contributed by atoms with Crippen LogP contribution in [0.2, 0.25) is 5.02 Å². The van der Waals surface area contributed by atoms with Crippen LogP contribution in [0.25, 0.3) is 16.9 Å². The molecular formula is C27H24ClFN2O. The molecule has 162 valence electrons. The fourth-order valence-electron chi connectivity index (χ4n) is 3.81. The summed E-state index contributed by atoms with van der Waals surface area (Å²) < 4.78 is 15.6. The number of benzene rings is 3. The van der Waals surface area contributed by atoms with Crippen LogP contribution in [0.1, 0.15) is 29.3 Å². The van der Waals surface area contributed by atoms with E-state index in [9.17, 15) is 4.39 Å². The smallest absolute Gasteiger partial charge is 0.142 e. The standard InChI is InChI=1S/C27H24ClFN2O/c1-18-6-4-7-21(14-18)17-32-30-19(2)26-16-27(22-10-12-24(29)13-11-22)31(20(26)3)25-9-5-8-23(28)15-25/h4-16H,17H2,1-3H3/b30-19-. The highest BCUT2D eigenvalue weighted by Crippen LogP contribution is 2.31. The Morgan fingerprint density at radius 1 is 0.969 bits per heavy atom. The van der Waals surface area contributed by atoms with Crippen LogP contribution in [0.3, 0.4) is 0 Å². The van der Waals surface area contributed by atoms with Gasteiger partial charge in [0.2, 0.25) is 0 Å². The molecule has 4 aromatic rings. The largest absolute Gasteiger partial charge is 0.391 e. The topological polar surface area (TPSA) is 26.5 Å². The lowest BCUT2D eigenvalue weighted by Gasteiger charge is -2.13. The maximum absolute atomic E-state index is 13.5. The lowest BCUT2D eigenvalue weighted by atomic mass is 10.1. The van der Waals surface area contributed by atoms with Gasteiger partial charge in [0, 0.05) is 22.0 Å². The lowest BCUT2D eigenvalue weighted by Crippen LogP contribution is -2.02. The van der Waals surface area contributed by atoms with Crippen molar-refractivity contribution in [1.82, 2.24) is 4.57 Å². The van der Waals surface area contributed by atoms with Crippen LogP contribution >= 0.6 is 11.6 Å². The average Bonchev–Trinajstić information content (AvgIpc) is 3.11. The van der Waals surface area contributed by atoms with Gasteiger partial charge in [-0.25, -0.2) is 4.39 Å². The van der Waals surface area contributed by atoms with E-state index in [1.165, 1.54) is 17.7 Å². The van der Waals surface area contributed by atoms with Crippen molar-refractivity contribution < 1.29 is 9.23 Å². The van der Waals surface area contributed by atoms with E-state index in [1.807, 2.05) is 50.2 Å². The van der Waals surface area contributed by atoms with Gasteiger partial charge in [0.15, 0.2) is 0 Å². The summed E-state index contributed by atoms with van der Waals surface area (Å²) in [6, 6.07) is 24.4. The first-order valence-electron chi connectivity index (χ1n) is 10.4. The summed E-state index contributed by atoms with van der Waals surface area (Å²) in [6.07, 6.45) is 0. The highest BCUT2D eigenvalue weighted by molar-refractivity contribution is 6.30. The molecule has 0 amide bonds. The first kappa shape index (κ1) is 21.8. The van der Waals surface area contributed by atoms with Crippen LogP contribution in [0.4, 0.5) is 4.39 Å². The number of hydrogen-bond acceptors (Lipinski definition) is 2. The summed E-state index contributed by atoms with van der Waals surface area (Å²) in [4.78, 5) is 5.65. The highest BCUT2D eigenvalue weighted by atomic mass is 35.5. The Morgan fingerprint density at radius 3 is 2.44 bits per heavy atom. The van der Waals surface area contributed by atoms with E-state index in [4.69, 9.17) is 16.4 Å². The summed E-state index contributed by atoms with van der Waals surface area (Å²) in [7, 11) is 0. The van der Waals surface area contributed by atoms with Crippen LogP contribution in [-0.2, 0) is 11.4 Å². The molecule has 0 aliphatic heterocycles. The Morgan fingerprint density at radius 2 is 1.72 bits per heavy atom. The van der Waals surface area contributed by atoms with E-state index in [0.29, 0.717) is 11.6 Å². The third-order valence-corrected chi connectivity index (χ3v) is 5.59. The van der Waals surface area contributed by atoms with Crippen LogP contribution in [-0.4, -0.2) is 10.3 Å². The van der Waals surface area contributed by atoms with E-state index in [-0.39, 0.29) is 5.82 Å². The van der Waals surface area contributed by atoms with Gasteiger partial charge in [0.1, 0.15) is 12.4 Å². The van der Waals surface area contributed by atoms with E-state index in [2.05, 4.69) is 34.8 Å². The zero-order valence-corrected chi connectivity index (χ0v) is 19.0. The molecule has 4 rings (SSSR count). The van der Waals surface area contributed by atoms with E-state index in [1.54, 1.807) is 12.1 Å². The summed E-state index contributed by atoms with van der Waals surface area (Å²) in [5.41, 5.74) is 7.71. The van der Waals surface area contributed by atoms with E-state index >= 15 is 0 Å². The maximum Gasteiger partial charge on any atom is 0.142 e. The fraction of sp³-hybridized carbons (Fsp3) is 0.148. The summed E-state index contributed by atoms with van der Waals surface area (Å²) in [5, 5.41) is 5.02. The second-order valence-corrected chi connectivity index (χ2v) is 8.23. The van der Waals surface area contributed by atoms with Crippen molar-refractivity contribution >= 4 is 17.3 Å². The molecule has 0 aliphatic carbocycles. The number of halogens is 2. The Bertz CT molecular complexity index is 1280. The minimum Gasteiger partial charge on any atom is -0.391 e. The predicted octanol–water partition coefficient (Wildman–Crippen LogP) is 7.49. The molecule has 0 aliphatic rings. The summed E-state index contributed by atoms with van der Waals surface area (Å²) in [5.74, 6) is -0.270. The zero-order chi connectivity index (χ0) is 22.7. The molecule has 5 heteroatoms. The molecule has 3 nitrogen and oxygen atoms in total. The molecule has 1 aromatic heterocycles. The molecule has 0 atom stereocenters. The van der Waals surface area contributed by atoms with Gasteiger partial charge in [0.05, 0.1) is 11.4 Å². The van der Waals surface area contributed by atoms with Crippen LogP contribution in [0.15, 0.2) is 84.0 Å². The maximum atomic E-state index is 13.5. The molecule has 32 heavy (non-hydrogen) atoms. The Labute approximate surface area is 192 Å². The molecule has 0 saturated carbocycles. The molecule has 0 spiro atoms. The quantitative estimate of drug-likeness (QED) is 0.222. The molecule has 0 N–H and O–H groups in total. The van der Waals surface area contributed by atoms with Crippen molar-refractivity contribution in [2.75, 3.05) is 0 Å². The number of rotatable bonds is 6. The lowest BCUT2D eigenvalue weighted by molar-refractivity contribution is 0.130. The molecule has 0 unspecified atom stereocenters. The van der Waals surface area contributed by atoms with Gasteiger partial charge < -0.3 is 9.40 Å². The molecule has 3 aromatic carbocycles. The Kier molecular flexibility index (Phi) is 6.42. The normalized spacial score (nSPS) is 11.6. The van der Waals surface area contributed by atoms with Gasteiger partial charge in [-0.1, -0.05) is 52.7 Å². The zero-order valence-electron chi connectivity index (χ0n) is 18.3. The second-order valence-electron chi connectivity index (χ2n) is 7.79. The summed E-state index contributed by atoms with van der Waals surface area (Å²) in [6.45, 7) is 6.41. The monoisotopic (exact) mass is 446 g/mol. The Balaban J connectivity index is 1.72. The van der Waals surface area contributed by atoms with Crippen molar-refractivity contribution in [2.24, 2.45) is 5.16 Å². The number of hydrogen-bond donors (Lipinski definition) is 0. The number of aryl methyl sites for hydroxylation is 1. The molecule has 0 bridgehead atoms. The highest BCUT2D eigenvalue weighted by Gasteiger charge is 2.17. The number of nitrogens with zero attached hydrogens (tertiary/aromatic N) is 2. The van der Waals surface area contributed by atoms with Gasteiger partial charge >= 0.3 is 0 Å². The summed E-state index contributed by atoms with van der Waals surface area (Å²) >= 11 is 6.27. The van der Waals surface area contributed by atoms with Gasteiger partial charge in [-0.3, -0.25) is 0 Å².